The Hall–Kier alpha value is -1.79. The SMILES string of the molecule is CN=C(NCc1sc(C)nc1C)N1CCN(c2cccc(Cl)c2)CC1. The van der Waals surface area contributed by atoms with Crippen LogP contribution in [-0.2, 0) is 6.54 Å². The highest BCUT2D eigenvalue weighted by Gasteiger charge is 2.20. The highest BCUT2D eigenvalue weighted by Crippen LogP contribution is 2.21. The van der Waals surface area contributed by atoms with Crippen molar-refractivity contribution in [1.82, 2.24) is 15.2 Å². The van der Waals surface area contributed by atoms with Crippen molar-refractivity contribution < 1.29 is 0 Å². The summed E-state index contributed by atoms with van der Waals surface area (Å²) in [5.41, 5.74) is 2.29. The lowest BCUT2D eigenvalue weighted by Crippen LogP contribution is -2.52. The van der Waals surface area contributed by atoms with Crippen molar-refractivity contribution in [3.63, 3.8) is 0 Å². The highest BCUT2D eigenvalue weighted by molar-refractivity contribution is 7.11. The average Bonchev–Trinajstić information content (AvgIpc) is 2.93. The summed E-state index contributed by atoms with van der Waals surface area (Å²) >= 11 is 7.85. The molecule has 0 aliphatic carbocycles. The standard InChI is InChI=1S/C18H24ClN5S/c1-13-17(25-14(2)22-13)12-21-18(20-3)24-9-7-23(8-10-24)16-6-4-5-15(19)11-16/h4-6,11H,7-10,12H2,1-3H3,(H,20,21). The maximum atomic E-state index is 6.11. The number of nitrogens with zero attached hydrogens (tertiary/aromatic N) is 4. The summed E-state index contributed by atoms with van der Waals surface area (Å²) in [5.74, 6) is 0.955. The molecule has 1 N–H and O–H groups in total. The predicted molar refractivity (Wildman–Crippen MR) is 107 cm³/mol. The van der Waals surface area contributed by atoms with E-state index in [4.69, 9.17) is 11.6 Å². The van der Waals surface area contributed by atoms with Crippen LogP contribution in [0.5, 0.6) is 0 Å². The second kappa shape index (κ2) is 8.06. The molecule has 0 bridgehead atoms. The third-order valence-electron chi connectivity index (χ3n) is 4.37. The Balaban J connectivity index is 1.56. The largest absolute Gasteiger partial charge is 0.368 e. The number of piperazine rings is 1. The van der Waals surface area contributed by atoms with Crippen molar-refractivity contribution in [1.29, 1.82) is 0 Å². The zero-order valence-corrected chi connectivity index (χ0v) is 16.5. The van der Waals surface area contributed by atoms with E-state index >= 15 is 0 Å². The Morgan fingerprint density at radius 3 is 2.64 bits per heavy atom. The molecule has 2 heterocycles. The zero-order valence-electron chi connectivity index (χ0n) is 14.9. The van der Waals surface area contributed by atoms with Gasteiger partial charge in [-0.1, -0.05) is 17.7 Å². The summed E-state index contributed by atoms with van der Waals surface area (Å²) in [6, 6.07) is 8.06. The Morgan fingerprint density at radius 2 is 2.04 bits per heavy atom. The smallest absolute Gasteiger partial charge is 0.194 e. The van der Waals surface area contributed by atoms with Crippen LogP contribution >= 0.6 is 22.9 Å². The quantitative estimate of drug-likeness (QED) is 0.658. The van der Waals surface area contributed by atoms with E-state index in [1.165, 1.54) is 10.6 Å². The van der Waals surface area contributed by atoms with E-state index in [9.17, 15) is 0 Å². The summed E-state index contributed by atoms with van der Waals surface area (Å²) in [7, 11) is 1.84. The Labute approximate surface area is 158 Å². The first-order valence-corrected chi connectivity index (χ1v) is 9.65. The maximum absolute atomic E-state index is 6.11. The molecule has 1 aromatic carbocycles. The van der Waals surface area contributed by atoms with Crippen LogP contribution in [-0.4, -0.2) is 49.1 Å². The Bertz CT molecular complexity index is 750. The molecule has 0 unspecified atom stereocenters. The van der Waals surface area contributed by atoms with Gasteiger partial charge in [0.1, 0.15) is 0 Å². The number of aliphatic imine (C=N–C) groups is 1. The molecular formula is C18H24ClN5S. The van der Waals surface area contributed by atoms with E-state index in [2.05, 4.69) is 38.1 Å². The third kappa shape index (κ3) is 4.44. The number of benzene rings is 1. The predicted octanol–water partition coefficient (Wildman–Crippen LogP) is 3.31. The molecular weight excluding hydrogens is 354 g/mol. The fraction of sp³-hybridized carbons (Fsp3) is 0.444. The van der Waals surface area contributed by atoms with Crippen LogP contribution in [0.3, 0.4) is 0 Å². The normalized spacial score (nSPS) is 15.6. The number of guanidine groups is 1. The van der Waals surface area contributed by atoms with Crippen molar-refractivity contribution in [2.24, 2.45) is 4.99 Å². The lowest BCUT2D eigenvalue weighted by atomic mass is 10.2. The first kappa shape index (κ1) is 18.0. The van der Waals surface area contributed by atoms with Crippen LogP contribution in [0.15, 0.2) is 29.3 Å². The zero-order chi connectivity index (χ0) is 17.8. The number of hydrogen-bond donors (Lipinski definition) is 1. The number of rotatable bonds is 3. The fourth-order valence-electron chi connectivity index (χ4n) is 3.08. The molecule has 1 aromatic heterocycles. The molecule has 7 heteroatoms. The van der Waals surface area contributed by atoms with Crippen LogP contribution in [0, 0.1) is 13.8 Å². The molecule has 1 aliphatic heterocycles. The van der Waals surface area contributed by atoms with Crippen LogP contribution in [0.2, 0.25) is 5.02 Å². The van der Waals surface area contributed by atoms with Gasteiger partial charge in [0.2, 0.25) is 0 Å². The Morgan fingerprint density at radius 1 is 1.28 bits per heavy atom. The summed E-state index contributed by atoms with van der Waals surface area (Å²) in [5, 5.41) is 5.38. The molecule has 1 saturated heterocycles. The molecule has 2 aromatic rings. The van der Waals surface area contributed by atoms with Gasteiger partial charge in [0.25, 0.3) is 0 Å². The van der Waals surface area contributed by atoms with Gasteiger partial charge in [-0.05, 0) is 32.0 Å². The van der Waals surface area contributed by atoms with Crippen LogP contribution in [0.4, 0.5) is 5.69 Å². The van der Waals surface area contributed by atoms with Crippen molar-refractivity contribution in [2.45, 2.75) is 20.4 Å². The minimum Gasteiger partial charge on any atom is -0.368 e. The first-order valence-electron chi connectivity index (χ1n) is 8.46. The van der Waals surface area contributed by atoms with Gasteiger partial charge in [0.05, 0.1) is 17.2 Å². The summed E-state index contributed by atoms with van der Waals surface area (Å²) < 4.78 is 0. The van der Waals surface area contributed by atoms with Gasteiger partial charge < -0.3 is 15.1 Å². The van der Waals surface area contributed by atoms with Crippen LogP contribution in [0.25, 0.3) is 0 Å². The van der Waals surface area contributed by atoms with Crippen LogP contribution < -0.4 is 10.2 Å². The van der Waals surface area contributed by atoms with Gasteiger partial charge in [0, 0.05) is 48.8 Å². The molecule has 0 radical (unpaired) electrons. The molecule has 25 heavy (non-hydrogen) atoms. The van der Waals surface area contributed by atoms with Gasteiger partial charge >= 0.3 is 0 Å². The number of nitrogens with one attached hydrogen (secondary N) is 1. The van der Waals surface area contributed by atoms with E-state index in [1.807, 2.05) is 32.2 Å². The van der Waals surface area contributed by atoms with Crippen molar-refractivity contribution in [3.8, 4) is 0 Å². The number of halogens is 1. The summed E-state index contributed by atoms with van der Waals surface area (Å²) in [6.45, 7) is 8.68. The topological polar surface area (TPSA) is 43.8 Å². The maximum Gasteiger partial charge on any atom is 0.194 e. The van der Waals surface area contributed by atoms with Gasteiger partial charge in [-0.15, -0.1) is 11.3 Å². The fourth-order valence-corrected chi connectivity index (χ4v) is 4.14. The number of anilines is 1. The van der Waals surface area contributed by atoms with Gasteiger partial charge in [-0.3, -0.25) is 4.99 Å². The van der Waals surface area contributed by atoms with Crippen molar-refractivity contribution in [2.75, 3.05) is 38.1 Å². The van der Waals surface area contributed by atoms with Gasteiger partial charge in [0.15, 0.2) is 5.96 Å². The number of aromatic nitrogens is 1. The minimum absolute atomic E-state index is 0.776. The molecule has 134 valence electrons. The summed E-state index contributed by atoms with van der Waals surface area (Å²) in [4.78, 5) is 14.9. The molecule has 0 saturated carbocycles. The van der Waals surface area contributed by atoms with Gasteiger partial charge in [-0.25, -0.2) is 4.98 Å². The number of aryl methyl sites for hydroxylation is 2. The average molecular weight is 378 g/mol. The van der Waals surface area contributed by atoms with E-state index in [0.717, 1.165) is 54.4 Å². The van der Waals surface area contributed by atoms with Crippen molar-refractivity contribution >= 4 is 34.6 Å². The van der Waals surface area contributed by atoms with Gasteiger partial charge in [-0.2, -0.15) is 0 Å². The second-order valence-corrected chi connectivity index (χ2v) is 7.82. The van der Waals surface area contributed by atoms with Crippen LogP contribution in [0.1, 0.15) is 15.6 Å². The molecule has 5 nitrogen and oxygen atoms in total. The molecule has 1 fully saturated rings. The molecule has 0 atom stereocenters. The first-order chi connectivity index (χ1) is 12.1. The number of hydrogen-bond acceptors (Lipinski definition) is 4. The molecule has 0 amide bonds. The molecule has 0 spiro atoms. The molecule has 3 rings (SSSR count). The summed E-state index contributed by atoms with van der Waals surface area (Å²) in [6.07, 6.45) is 0. The lowest BCUT2D eigenvalue weighted by Gasteiger charge is -2.37. The Kier molecular flexibility index (Phi) is 5.81. The highest BCUT2D eigenvalue weighted by atomic mass is 35.5. The van der Waals surface area contributed by atoms with E-state index in [-0.39, 0.29) is 0 Å². The minimum atomic E-state index is 0.776. The molecule has 1 aliphatic rings. The third-order valence-corrected chi connectivity index (χ3v) is 5.68. The van der Waals surface area contributed by atoms with E-state index in [0.29, 0.717) is 0 Å². The van der Waals surface area contributed by atoms with E-state index < -0.39 is 0 Å². The lowest BCUT2D eigenvalue weighted by molar-refractivity contribution is 0.372. The van der Waals surface area contributed by atoms with E-state index in [1.54, 1.807) is 11.3 Å². The van der Waals surface area contributed by atoms with Crippen molar-refractivity contribution in [3.05, 3.63) is 44.9 Å². The number of thiazole rings is 1. The monoisotopic (exact) mass is 377 g/mol. The second-order valence-electron chi connectivity index (χ2n) is 6.10.